The summed E-state index contributed by atoms with van der Waals surface area (Å²) in [4.78, 5) is 34.9. The van der Waals surface area contributed by atoms with Gasteiger partial charge in [0, 0.05) is 36.5 Å². The number of amides is 1. The highest BCUT2D eigenvalue weighted by Crippen LogP contribution is 2.52. The van der Waals surface area contributed by atoms with Crippen LogP contribution in [0.4, 0.5) is 0 Å². The predicted octanol–water partition coefficient (Wildman–Crippen LogP) is 3.15. The molecular weight excluding hydrogens is 388 g/mol. The molecule has 1 amide bonds. The van der Waals surface area contributed by atoms with Gasteiger partial charge in [-0.05, 0) is 24.0 Å². The molecule has 2 aromatic carbocycles. The van der Waals surface area contributed by atoms with Gasteiger partial charge in [-0.1, -0.05) is 54.6 Å². The molecule has 0 atom stereocenters. The summed E-state index contributed by atoms with van der Waals surface area (Å²) in [6, 6.07) is 18.2. The molecule has 1 spiro atoms. The lowest BCUT2D eigenvalue weighted by Crippen LogP contribution is -2.46. The molecule has 31 heavy (non-hydrogen) atoms. The Morgan fingerprint density at radius 3 is 2.58 bits per heavy atom. The minimum Gasteiger partial charge on any atom is -0.342 e. The van der Waals surface area contributed by atoms with Crippen LogP contribution >= 0.6 is 0 Å². The fourth-order valence-electron chi connectivity index (χ4n) is 5.44. The van der Waals surface area contributed by atoms with Crippen LogP contribution in [0.5, 0.6) is 0 Å². The van der Waals surface area contributed by atoms with Gasteiger partial charge in [0.25, 0.3) is 5.56 Å². The lowest BCUT2D eigenvalue weighted by Gasteiger charge is -2.40. The van der Waals surface area contributed by atoms with Crippen molar-refractivity contribution in [3.63, 3.8) is 0 Å². The Labute approximate surface area is 179 Å². The first-order chi connectivity index (χ1) is 15.2. The second kappa shape index (κ2) is 6.67. The molecule has 2 aliphatic rings. The van der Waals surface area contributed by atoms with E-state index in [2.05, 4.69) is 28.2 Å². The molecule has 1 fully saturated rings. The third-order valence-electron chi connectivity index (χ3n) is 6.89. The van der Waals surface area contributed by atoms with Crippen LogP contribution in [-0.2, 0) is 16.6 Å². The van der Waals surface area contributed by atoms with E-state index < -0.39 is 0 Å². The number of aromatic amines is 1. The molecule has 4 aromatic rings. The molecule has 0 unspecified atom stereocenters. The summed E-state index contributed by atoms with van der Waals surface area (Å²) in [6.45, 7) is 1.38. The van der Waals surface area contributed by atoms with Gasteiger partial charge >= 0.3 is 0 Å². The number of piperidine rings is 1. The number of imidazole rings is 1. The average Bonchev–Trinajstić information content (AvgIpc) is 3.38. The first-order valence-electron chi connectivity index (χ1n) is 10.7. The van der Waals surface area contributed by atoms with Crippen LogP contribution in [0.25, 0.3) is 16.9 Å². The van der Waals surface area contributed by atoms with Crippen LogP contribution < -0.4 is 5.56 Å². The molecule has 0 saturated carbocycles. The third-order valence-corrected chi connectivity index (χ3v) is 6.89. The maximum Gasteiger partial charge on any atom is 0.292 e. The highest BCUT2D eigenvalue weighted by molar-refractivity contribution is 5.80. The number of fused-ring (bicyclic) bond motifs is 7. The second-order valence-corrected chi connectivity index (χ2v) is 8.47. The zero-order chi connectivity index (χ0) is 21.0. The Bertz CT molecular complexity index is 1360. The van der Waals surface area contributed by atoms with Crippen LogP contribution in [0.2, 0.25) is 0 Å². The number of carbonyl (C=O) groups excluding carboxylic acids is 1. The maximum absolute atomic E-state index is 12.9. The smallest absolute Gasteiger partial charge is 0.292 e. The van der Waals surface area contributed by atoms with Crippen molar-refractivity contribution < 1.29 is 4.79 Å². The van der Waals surface area contributed by atoms with Crippen molar-refractivity contribution in [1.29, 1.82) is 0 Å². The summed E-state index contributed by atoms with van der Waals surface area (Å²) in [5.74, 6) is 0.168. The minimum atomic E-state index is -0.237. The lowest BCUT2D eigenvalue weighted by atomic mass is 9.73. The van der Waals surface area contributed by atoms with Gasteiger partial charge in [-0.2, -0.15) is 0 Å². The number of rotatable bonds is 2. The molecule has 1 saturated heterocycles. The number of benzene rings is 2. The van der Waals surface area contributed by atoms with E-state index in [9.17, 15) is 9.59 Å². The fraction of sp³-hybridized carbons (Fsp3) is 0.240. The van der Waals surface area contributed by atoms with Crippen LogP contribution in [0.3, 0.4) is 0 Å². The number of aromatic nitrogens is 3. The monoisotopic (exact) mass is 410 g/mol. The first kappa shape index (κ1) is 18.1. The molecule has 3 heterocycles. The quantitative estimate of drug-likeness (QED) is 0.552. The van der Waals surface area contributed by atoms with E-state index in [0.717, 1.165) is 35.4 Å². The van der Waals surface area contributed by atoms with Gasteiger partial charge in [0.05, 0.1) is 17.8 Å². The van der Waals surface area contributed by atoms with E-state index in [4.69, 9.17) is 0 Å². The van der Waals surface area contributed by atoms with Gasteiger partial charge in [-0.15, -0.1) is 0 Å². The Morgan fingerprint density at radius 2 is 1.77 bits per heavy atom. The normalized spacial score (nSPS) is 16.5. The average molecular weight is 410 g/mol. The summed E-state index contributed by atoms with van der Waals surface area (Å²) < 4.78 is 1.95. The molecule has 0 bridgehead atoms. The fourth-order valence-corrected chi connectivity index (χ4v) is 5.44. The van der Waals surface area contributed by atoms with Crippen molar-refractivity contribution in [2.24, 2.45) is 0 Å². The number of likely N-dealkylation sites (tertiary alicyclic amines) is 1. The SMILES string of the molecule is O=C(Cc1ccccc1)N1CCC2(CC1)c1ccccc1-c1[nH]c(=O)c3nccn3c12. The highest BCUT2D eigenvalue weighted by Gasteiger charge is 2.48. The van der Waals surface area contributed by atoms with E-state index in [-0.39, 0.29) is 16.9 Å². The Hall–Kier alpha value is -3.67. The van der Waals surface area contributed by atoms with Crippen molar-refractivity contribution in [2.75, 3.05) is 13.1 Å². The lowest BCUT2D eigenvalue weighted by molar-refractivity contribution is -0.131. The third kappa shape index (κ3) is 2.61. The second-order valence-electron chi connectivity index (χ2n) is 8.47. The van der Waals surface area contributed by atoms with Crippen molar-refractivity contribution in [2.45, 2.75) is 24.7 Å². The van der Waals surface area contributed by atoms with E-state index in [1.54, 1.807) is 6.20 Å². The van der Waals surface area contributed by atoms with Crippen LogP contribution in [-0.4, -0.2) is 38.3 Å². The van der Waals surface area contributed by atoms with E-state index in [1.807, 2.05) is 51.9 Å². The van der Waals surface area contributed by atoms with Gasteiger partial charge in [-0.25, -0.2) is 4.98 Å². The Kier molecular flexibility index (Phi) is 3.90. The number of hydrogen-bond donors (Lipinski definition) is 1. The first-order valence-corrected chi connectivity index (χ1v) is 10.7. The van der Waals surface area contributed by atoms with Crippen LogP contribution in [0.1, 0.15) is 29.7 Å². The molecule has 1 aliphatic heterocycles. The van der Waals surface area contributed by atoms with Crippen molar-refractivity contribution >= 4 is 11.6 Å². The molecule has 2 aromatic heterocycles. The summed E-state index contributed by atoms with van der Waals surface area (Å²) >= 11 is 0. The van der Waals surface area contributed by atoms with Gasteiger partial charge in [0.2, 0.25) is 11.6 Å². The molecule has 6 rings (SSSR count). The largest absolute Gasteiger partial charge is 0.342 e. The summed E-state index contributed by atoms with van der Waals surface area (Å²) in [6.07, 6.45) is 5.62. The molecule has 0 radical (unpaired) electrons. The van der Waals surface area contributed by atoms with Gasteiger partial charge in [0.15, 0.2) is 0 Å². The highest BCUT2D eigenvalue weighted by atomic mass is 16.2. The molecule has 6 nitrogen and oxygen atoms in total. The molecule has 154 valence electrons. The van der Waals surface area contributed by atoms with E-state index in [0.29, 0.717) is 25.2 Å². The molecule has 1 aliphatic carbocycles. The van der Waals surface area contributed by atoms with Crippen molar-refractivity contribution in [3.05, 3.63) is 94.2 Å². The zero-order valence-electron chi connectivity index (χ0n) is 17.0. The van der Waals surface area contributed by atoms with Gasteiger partial charge in [0.1, 0.15) is 0 Å². The number of H-pyrrole nitrogens is 1. The number of nitrogens with one attached hydrogen (secondary N) is 1. The topological polar surface area (TPSA) is 70.5 Å². The number of carbonyl (C=O) groups is 1. The van der Waals surface area contributed by atoms with Gasteiger partial charge < -0.3 is 9.88 Å². The van der Waals surface area contributed by atoms with E-state index >= 15 is 0 Å². The van der Waals surface area contributed by atoms with Crippen LogP contribution in [0.15, 0.2) is 71.8 Å². The Balaban J connectivity index is 1.38. The zero-order valence-corrected chi connectivity index (χ0v) is 17.0. The van der Waals surface area contributed by atoms with E-state index in [1.165, 1.54) is 5.56 Å². The Morgan fingerprint density at radius 1 is 1.03 bits per heavy atom. The maximum atomic E-state index is 12.9. The molecule has 1 N–H and O–H groups in total. The summed E-state index contributed by atoms with van der Waals surface area (Å²) in [7, 11) is 0. The van der Waals surface area contributed by atoms with Crippen molar-refractivity contribution in [1.82, 2.24) is 19.3 Å². The number of nitrogens with zero attached hydrogens (tertiary/aromatic N) is 3. The van der Waals surface area contributed by atoms with Crippen molar-refractivity contribution in [3.8, 4) is 11.3 Å². The minimum absolute atomic E-state index is 0.168. The molecular formula is C25H22N4O2. The number of hydrogen-bond acceptors (Lipinski definition) is 3. The summed E-state index contributed by atoms with van der Waals surface area (Å²) in [5, 5.41) is 0. The molecule has 6 heteroatoms. The van der Waals surface area contributed by atoms with Crippen LogP contribution in [0, 0.1) is 0 Å². The standard InChI is InChI=1S/C25H22N4O2/c30-20(16-17-6-2-1-3-7-17)28-13-10-25(11-14-28)19-9-5-4-8-18(19)21-22(25)29-15-12-26-23(29)24(31)27-21/h1-9,12,15H,10-11,13-14,16H2,(H,27,31). The summed E-state index contributed by atoms with van der Waals surface area (Å²) in [5.41, 5.74) is 5.34. The van der Waals surface area contributed by atoms with Gasteiger partial charge in [-0.3, -0.25) is 14.0 Å². The predicted molar refractivity (Wildman–Crippen MR) is 118 cm³/mol.